The summed E-state index contributed by atoms with van der Waals surface area (Å²) >= 11 is 7.60. The van der Waals surface area contributed by atoms with Crippen LogP contribution < -0.4 is 15.4 Å². The third-order valence-corrected chi connectivity index (χ3v) is 5.82. The van der Waals surface area contributed by atoms with E-state index in [1.54, 1.807) is 25.3 Å². The van der Waals surface area contributed by atoms with Crippen molar-refractivity contribution >= 4 is 46.6 Å². The summed E-state index contributed by atoms with van der Waals surface area (Å²) in [4.78, 5) is 25.9. The Morgan fingerprint density at radius 1 is 1.10 bits per heavy atom. The fraction of sp³-hybridized carbons (Fsp3) is 0.391. The Kier molecular flexibility index (Phi) is 8.62. The van der Waals surface area contributed by atoms with Gasteiger partial charge in [0.05, 0.1) is 17.4 Å². The van der Waals surface area contributed by atoms with E-state index in [-0.39, 0.29) is 22.5 Å². The van der Waals surface area contributed by atoms with Crippen LogP contribution in [-0.4, -0.2) is 24.2 Å². The van der Waals surface area contributed by atoms with E-state index in [0.29, 0.717) is 29.3 Å². The molecule has 0 aromatic heterocycles. The maximum Gasteiger partial charge on any atom is 0.237 e. The SMILES string of the molecule is CCC(Sc1cccc(NC(=O)CC(C)(C)C)c1)C(=O)Nc1ccc(OC)c(Cl)c1. The number of carbonyl (C=O) groups excluding carboxylic acids is 2. The van der Waals surface area contributed by atoms with E-state index in [0.717, 1.165) is 10.6 Å². The van der Waals surface area contributed by atoms with Crippen LogP contribution in [0.2, 0.25) is 5.02 Å². The highest BCUT2D eigenvalue weighted by Gasteiger charge is 2.19. The van der Waals surface area contributed by atoms with Gasteiger partial charge in [0, 0.05) is 22.7 Å². The van der Waals surface area contributed by atoms with E-state index in [1.807, 2.05) is 52.0 Å². The minimum atomic E-state index is -0.286. The zero-order chi connectivity index (χ0) is 22.3. The lowest BCUT2D eigenvalue weighted by Crippen LogP contribution is -2.24. The third-order valence-electron chi connectivity index (χ3n) is 4.17. The van der Waals surface area contributed by atoms with Crippen molar-refractivity contribution in [2.75, 3.05) is 17.7 Å². The Morgan fingerprint density at radius 2 is 1.80 bits per heavy atom. The summed E-state index contributed by atoms with van der Waals surface area (Å²) in [6.45, 7) is 8.05. The summed E-state index contributed by atoms with van der Waals surface area (Å²) in [5, 5.41) is 6.00. The van der Waals surface area contributed by atoms with Crippen LogP contribution in [0.5, 0.6) is 5.75 Å². The molecule has 2 rings (SSSR count). The molecule has 1 atom stereocenters. The lowest BCUT2D eigenvalue weighted by molar-refractivity contribution is -0.118. The summed E-state index contributed by atoms with van der Waals surface area (Å²) in [7, 11) is 1.54. The van der Waals surface area contributed by atoms with Crippen molar-refractivity contribution in [3.8, 4) is 5.75 Å². The fourth-order valence-electron chi connectivity index (χ4n) is 2.79. The molecule has 0 heterocycles. The molecule has 2 aromatic rings. The highest BCUT2D eigenvalue weighted by molar-refractivity contribution is 8.00. The Bertz CT molecular complexity index is 896. The number of hydrogen-bond donors (Lipinski definition) is 2. The number of halogens is 1. The number of nitrogens with one attached hydrogen (secondary N) is 2. The highest BCUT2D eigenvalue weighted by Crippen LogP contribution is 2.31. The lowest BCUT2D eigenvalue weighted by Gasteiger charge is -2.18. The molecule has 0 spiro atoms. The molecule has 30 heavy (non-hydrogen) atoms. The summed E-state index contributed by atoms with van der Waals surface area (Å²) < 4.78 is 5.14. The Hall–Kier alpha value is -2.18. The van der Waals surface area contributed by atoms with E-state index >= 15 is 0 Å². The monoisotopic (exact) mass is 448 g/mol. The van der Waals surface area contributed by atoms with E-state index in [2.05, 4.69) is 10.6 Å². The summed E-state index contributed by atoms with van der Waals surface area (Å²) in [5.41, 5.74) is 1.27. The zero-order valence-corrected chi connectivity index (χ0v) is 19.6. The standard InChI is InChI=1S/C23H29ClN2O3S/c1-6-20(22(28)26-16-10-11-19(29-5)18(24)13-16)30-17-9-7-8-15(12-17)25-21(27)14-23(2,3)4/h7-13,20H,6,14H2,1-5H3,(H,25,27)(H,26,28). The maximum absolute atomic E-state index is 12.8. The number of methoxy groups -OCH3 is 1. The molecule has 7 heteroatoms. The van der Waals surface area contributed by atoms with Gasteiger partial charge in [-0.05, 0) is 48.2 Å². The maximum atomic E-state index is 12.8. The first-order valence-corrected chi connectivity index (χ1v) is 11.1. The topological polar surface area (TPSA) is 67.4 Å². The highest BCUT2D eigenvalue weighted by atomic mass is 35.5. The number of carbonyl (C=O) groups is 2. The predicted octanol–water partition coefficient (Wildman–Crippen LogP) is 6.23. The van der Waals surface area contributed by atoms with Gasteiger partial charge in [-0.2, -0.15) is 0 Å². The van der Waals surface area contributed by atoms with Crippen molar-refractivity contribution in [3.63, 3.8) is 0 Å². The fourth-order valence-corrected chi connectivity index (χ4v) is 4.06. The summed E-state index contributed by atoms with van der Waals surface area (Å²) in [5.74, 6) is 0.429. The Balaban J connectivity index is 2.03. The van der Waals surface area contributed by atoms with Gasteiger partial charge in [0.15, 0.2) is 0 Å². The second-order valence-corrected chi connectivity index (χ2v) is 9.85. The van der Waals surface area contributed by atoms with Crippen molar-refractivity contribution in [2.45, 2.75) is 50.7 Å². The first kappa shape index (κ1) is 24.1. The first-order valence-electron chi connectivity index (χ1n) is 9.82. The largest absolute Gasteiger partial charge is 0.495 e. The van der Waals surface area contributed by atoms with Gasteiger partial charge in [-0.25, -0.2) is 0 Å². The Morgan fingerprint density at radius 3 is 2.40 bits per heavy atom. The van der Waals surface area contributed by atoms with Gasteiger partial charge in [0.1, 0.15) is 5.75 Å². The number of thioether (sulfide) groups is 1. The van der Waals surface area contributed by atoms with E-state index in [9.17, 15) is 9.59 Å². The van der Waals surface area contributed by atoms with Gasteiger partial charge >= 0.3 is 0 Å². The van der Waals surface area contributed by atoms with Gasteiger partial charge in [-0.1, -0.05) is 45.4 Å². The van der Waals surface area contributed by atoms with Crippen LogP contribution in [0.4, 0.5) is 11.4 Å². The Labute approximate surface area is 187 Å². The average Bonchev–Trinajstić information content (AvgIpc) is 2.65. The van der Waals surface area contributed by atoms with Crippen molar-refractivity contribution < 1.29 is 14.3 Å². The van der Waals surface area contributed by atoms with Crippen molar-refractivity contribution in [1.82, 2.24) is 0 Å². The van der Waals surface area contributed by atoms with E-state index in [1.165, 1.54) is 11.8 Å². The molecule has 0 radical (unpaired) electrons. The second kappa shape index (κ2) is 10.7. The van der Waals surface area contributed by atoms with Crippen LogP contribution in [-0.2, 0) is 9.59 Å². The number of anilines is 2. The van der Waals surface area contributed by atoms with E-state index in [4.69, 9.17) is 16.3 Å². The number of benzene rings is 2. The summed E-state index contributed by atoms with van der Waals surface area (Å²) in [6, 6.07) is 12.7. The minimum Gasteiger partial charge on any atom is -0.495 e. The molecule has 162 valence electrons. The van der Waals surface area contributed by atoms with Gasteiger partial charge < -0.3 is 15.4 Å². The molecular formula is C23H29ClN2O3S. The average molecular weight is 449 g/mol. The molecule has 2 amide bonds. The van der Waals surface area contributed by atoms with Crippen LogP contribution in [0, 0.1) is 5.41 Å². The van der Waals surface area contributed by atoms with Crippen LogP contribution in [0.1, 0.15) is 40.5 Å². The smallest absolute Gasteiger partial charge is 0.237 e. The molecule has 0 bridgehead atoms. The molecule has 2 N–H and O–H groups in total. The lowest BCUT2D eigenvalue weighted by atomic mass is 9.92. The van der Waals surface area contributed by atoms with Crippen molar-refractivity contribution in [3.05, 3.63) is 47.5 Å². The molecule has 1 unspecified atom stereocenters. The minimum absolute atomic E-state index is 0.0224. The first-order chi connectivity index (χ1) is 14.1. The number of ether oxygens (including phenoxy) is 1. The van der Waals surface area contributed by atoms with E-state index < -0.39 is 0 Å². The van der Waals surface area contributed by atoms with Crippen molar-refractivity contribution in [1.29, 1.82) is 0 Å². The third kappa shape index (κ3) is 7.58. The van der Waals surface area contributed by atoms with Crippen LogP contribution >= 0.6 is 23.4 Å². The molecule has 0 saturated carbocycles. The molecule has 0 fully saturated rings. The van der Waals surface area contributed by atoms with Gasteiger partial charge in [0.25, 0.3) is 0 Å². The van der Waals surface area contributed by atoms with Crippen molar-refractivity contribution in [2.24, 2.45) is 5.41 Å². The molecule has 0 aliphatic heterocycles. The zero-order valence-electron chi connectivity index (χ0n) is 18.0. The van der Waals surface area contributed by atoms with Crippen LogP contribution in [0.25, 0.3) is 0 Å². The molecule has 0 saturated heterocycles. The van der Waals surface area contributed by atoms with Gasteiger partial charge in [0.2, 0.25) is 11.8 Å². The number of hydrogen-bond acceptors (Lipinski definition) is 4. The molecule has 0 aliphatic rings. The predicted molar refractivity (Wildman–Crippen MR) is 126 cm³/mol. The molecule has 2 aromatic carbocycles. The second-order valence-electron chi connectivity index (χ2n) is 8.17. The number of rotatable bonds is 8. The van der Waals surface area contributed by atoms with Crippen LogP contribution in [0.3, 0.4) is 0 Å². The molecule has 5 nitrogen and oxygen atoms in total. The van der Waals surface area contributed by atoms with Crippen LogP contribution in [0.15, 0.2) is 47.4 Å². The molecular weight excluding hydrogens is 420 g/mol. The quantitative estimate of drug-likeness (QED) is 0.469. The number of amides is 2. The molecule has 0 aliphatic carbocycles. The normalized spacial score (nSPS) is 12.2. The van der Waals surface area contributed by atoms with Gasteiger partial charge in [-0.15, -0.1) is 11.8 Å². The summed E-state index contributed by atoms with van der Waals surface area (Å²) in [6.07, 6.45) is 1.09. The van der Waals surface area contributed by atoms with Gasteiger partial charge in [-0.3, -0.25) is 9.59 Å².